The predicted octanol–water partition coefficient (Wildman–Crippen LogP) is 1.72. The minimum Gasteiger partial charge on any atom is -0.486 e. The molecule has 1 amide bonds. The second kappa shape index (κ2) is 6.34. The number of ether oxygens (including phenoxy) is 2. The van der Waals surface area contributed by atoms with Crippen molar-refractivity contribution in [2.45, 2.75) is 31.7 Å². The number of hydrogen-bond acceptors (Lipinski definition) is 4. The minimum atomic E-state index is -0.597. The number of likely N-dealkylation sites (tertiary alicyclic amines) is 1. The molecule has 1 aromatic carbocycles. The van der Waals surface area contributed by atoms with Gasteiger partial charge in [-0.1, -0.05) is 6.07 Å². The average molecular weight is 327 g/mol. The van der Waals surface area contributed by atoms with E-state index in [0.29, 0.717) is 19.8 Å². The summed E-state index contributed by atoms with van der Waals surface area (Å²) in [4.78, 5) is 14.6. The zero-order chi connectivity index (χ0) is 15.0. The van der Waals surface area contributed by atoms with E-state index < -0.39 is 5.41 Å². The molecule has 6 heteroatoms. The third kappa shape index (κ3) is 3.01. The topological polar surface area (TPSA) is 64.8 Å². The number of benzene rings is 1. The van der Waals surface area contributed by atoms with Crippen LogP contribution < -0.4 is 15.2 Å². The zero-order valence-electron chi connectivity index (χ0n) is 13.0. The summed E-state index contributed by atoms with van der Waals surface area (Å²) in [6.45, 7) is 6.40. The quantitative estimate of drug-likeness (QED) is 0.898. The van der Waals surface area contributed by atoms with Crippen molar-refractivity contribution < 1.29 is 14.3 Å². The van der Waals surface area contributed by atoms with E-state index in [1.165, 1.54) is 0 Å². The third-order valence-corrected chi connectivity index (χ3v) is 4.31. The van der Waals surface area contributed by atoms with Crippen molar-refractivity contribution in [2.24, 2.45) is 5.73 Å². The summed E-state index contributed by atoms with van der Waals surface area (Å²) in [6.07, 6.45) is 0.878. The molecule has 1 aromatic rings. The summed E-state index contributed by atoms with van der Waals surface area (Å²) >= 11 is 0. The first-order valence-electron chi connectivity index (χ1n) is 7.43. The van der Waals surface area contributed by atoms with Crippen molar-refractivity contribution in [1.82, 2.24) is 4.90 Å². The SMILES string of the molecule is CC(C)(C(=O)N1CC[C@@H](N)C1)c1ccc2c(c1)OCCO2.Cl. The summed E-state index contributed by atoms with van der Waals surface area (Å²) in [7, 11) is 0. The van der Waals surface area contributed by atoms with Gasteiger partial charge in [-0.3, -0.25) is 4.79 Å². The number of amides is 1. The van der Waals surface area contributed by atoms with Gasteiger partial charge in [0.05, 0.1) is 5.41 Å². The molecule has 0 aromatic heterocycles. The molecule has 0 spiro atoms. The molecule has 5 nitrogen and oxygen atoms in total. The number of nitrogens with zero attached hydrogens (tertiary/aromatic N) is 1. The monoisotopic (exact) mass is 326 g/mol. The first kappa shape index (κ1) is 16.9. The molecule has 2 N–H and O–H groups in total. The zero-order valence-corrected chi connectivity index (χ0v) is 13.8. The fourth-order valence-electron chi connectivity index (χ4n) is 2.92. The van der Waals surface area contributed by atoms with Crippen LogP contribution in [0.1, 0.15) is 25.8 Å². The molecule has 0 saturated carbocycles. The van der Waals surface area contributed by atoms with Gasteiger partial charge in [0.25, 0.3) is 0 Å². The predicted molar refractivity (Wildman–Crippen MR) is 86.9 cm³/mol. The van der Waals surface area contributed by atoms with E-state index in [2.05, 4.69) is 0 Å². The maximum Gasteiger partial charge on any atom is 0.232 e. The van der Waals surface area contributed by atoms with Gasteiger partial charge in [0, 0.05) is 19.1 Å². The number of nitrogens with two attached hydrogens (primary N) is 1. The Labute approximate surface area is 137 Å². The molecule has 2 aliphatic rings. The van der Waals surface area contributed by atoms with Crippen LogP contribution in [0.25, 0.3) is 0 Å². The van der Waals surface area contributed by atoms with Crippen LogP contribution in [0.3, 0.4) is 0 Å². The van der Waals surface area contributed by atoms with Crippen molar-refractivity contribution >= 4 is 18.3 Å². The second-order valence-corrected chi connectivity index (χ2v) is 6.28. The molecule has 0 aliphatic carbocycles. The van der Waals surface area contributed by atoms with Gasteiger partial charge >= 0.3 is 0 Å². The Kier molecular flexibility index (Phi) is 4.87. The number of halogens is 1. The second-order valence-electron chi connectivity index (χ2n) is 6.28. The van der Waals surface area contributed by atoms with E-state index in [1.807, 2.05) is 36.9 Å². The van der Waals surface area contributed by atoms with Crippen LogP contribution in [0, 0.1) is 0 Å². The highest BCUT2D eigenvalue weighted by molar-refractivity contribution is 5.88. The fourth-order valence-corrected chi connectivity index (χ4v) is 2.92. The lowest BCUT2D eigenvalue weighted by atomic mass is 9.83. The number of fused-ring (bicyclic) bond motifs is 1. The molecule has 0 bridgehead atoms. The van der Waals surface area contributed by atoms with Gasteiger partial charge < -0.3 is 20.1 Å². The van der Waals surface area contributed by atoms with Gasteiger partial charge in [0.1, 0.15) is 13.2 Å². The Morgan fingerprint density at radius 1 is 1.27 bits per heavy atom. The maximum atomic E-state index is 12.8. The molecule has 0 radical (unpaired) electrons. The number of hydrogen-bond donors (Lipinski definition) is 1. The van der Waals surface area contributed by atoms with Crippen LogP contribution in [-0.2, 0) is 10.2 Å². The Morgan fingerprint density at radius 3 is 2.59 bits per heavy atom. The van der Waals surface area contributed by atoms with Crippen molar-refractivity contribution in [3.05, 3.63) is 23.8 Å². The smallest absolute Gasteiger partial charge is 0.232 e. The minimum absolute atomic E-state index is 0. The molecule has 122 valence electrons. The van der Waals surface area contributed by atoms with Gasteiger partial charge in [-0.2, -0.15) is 0 Å². The van der Waals surface area contributed by atoms with Crippen LogP contribution in [0.15, 0.2) is 18.2 Å². The molecule has 0 unspecified atom stereocenters. The van der Waals surface area contributed by atoms with Crippen LogP contribution in [0.4, 0.5) is 0 Å². The van der Waals surface area contributed by atoms with E-state index >= 15 is 0 Å². The summed E-state index contributed by atoms with van der Waals surface area (Å²) in [5.41, 5.74) is 6.25. The molecular formula is C16H23ClN2O3. The Hall–Kier alpha value is -1.46. The highest BCUT2D eigenvalue weighted by atomic mass is 35.5. The number of carbonyl (C=O) groups is 1. The van der Waals surface area contributed by atoms with Crippen molar-refractivity contribution in [2.75, 3.05) is 26.3 Å². The van der Waals surface area contributed by atoms with E-state index in [-0.39, 0.29) is 24.4 Å². The molecule has 2 aliphatic heterocycles. The Morgan fingerprint density at radius 2 is 1.95 bits per heavy atom. The highest BCUT2D eigenvalue weighted by Crippen LogP contribution is 2.36. The molecule has 1 saturated heterocycles. The molecule has 3 rings (SSSR count). The summed E-state index contributed by atoms with van der Waals surface area (Å²) in [6, 6.07) is 5.85. The lowest BCUT2D eigenvalue weighted by Gasteiger charge is -2.30. The van der Waals surface area contributed by atoms with Gasteiger partial charge in [0.15, 0.2) is 11.5 Å². The first-order valence-corrected chi connectivity index (χ1v) is 7.43. The van der Waals surface area contributed by atoms with E-state index in [0.717, 1.165) is 30.0 Å². The maximum absolute atomic E-state index is 12.8. The van der Waals surface area contributed by atoms with Crippen LogP contribution in [0.2, 0.25) is 0 Å². The lowest BCUT2D eigenvalue weighted by Crippen LogP contribution is -2.43. The highest BCUT2D eigenvalue weighted by Gasteiger charge is 2.37. The molecule has 1 fully saturated rings. The molecule has 1 atom stereocenters. The summed E-state index contributed by atoms with van der Waals surface area (Å²) in [5, 5.41) is 0. The number of rotatable bonds is 2. The summed E-state index contributed by atoms with van der Waals surface area (Å²) in [5.74, 6) is 1.58. The van der Waals surface area contributed by atoms with Crippen molar-refractivity contribution in [3.8, 4) is 11.5 Å². The van der Waals surface area contributed by atoms with Crippen LogP contribution in [0.5, 0.6) is 11.5 Å². The van der Waals surface area contributed by atoms with E-state index in [9.17, 15) is 4.79 Å². The summed E-state index contributed by atoms with van der Waals surface area (Å²) < 4.78 is 11.1. The van der Waals surface area contributed by atoms with Gasteiger partial charge in [-0.15, -0.1) is 12.4 Å². The average Bonchev–Trinajstić information content (AvgIpc) is 2.92. The van der Waals surface area contributed by atoms with Gasteiger partial charge in [-0.25, -0.2) is 0 Å². The first-order chi connectivity index (χ1) is 9.98. The van der Waals surface area contributed by atoms with Crippen molar-refractivity contribution in [3.63, 3.8) is 0 Å². The molecule has 22 heavy (non-hydrogen) atoms. The third-order valence-electron chi connectivity index (χ3n) is 4.31. The van der Waals surface area contributed by atoms with Crippen molar-refractivity contribution in [1.29, 1.82) is 0 Å². The van der Waals surface area contributed by atoms with Gasteiger partial charge in [0.2, 0.25) is 5.91 Å². The Bertz CT molecular complexity index is 562. The molecule has 2 heterocycles. The standard InChI is InChI=1S/C16H22N2O3.ClH/c1-16(2,15(19)18-6-5-12(17)10-18)11-3-4-13-14(9-11)21-8-7-20-13;/h3-4,9,12H,5-8,10,17H2,1-2H3;1H/t12-;/m1./s1. The van der Waals surface area contributed by atoms with Gasteiger partial charge in [-0.05, 0) is 38.0 Å². The number of carbonyl (C=O) groups excluding carboxylic acids is 1. The van der Waals surface area contributed by atoms with E-state index in [4.69, 9.17) is 15.2 Å². The van der Waals surface area contributed by atoms with E-state index in [1.54, 1.807) is 0 Å². The molecular weight excluding hydrogens is 304 g/mol. The Balaban J connectivity index is 0.00000176. The largest absolute Gasteiger partial charge is 0.486 e. The lowest BCUT2D eigenvalue weighted by molar-refractivity contribution is -0.135. The fraction of sp³-hybridized carbons (Fsp3) is 0.562. The normalized spacial score (nSPS) is 20.5. The van der Waals surface area contributed by atoms with Crippen LogP contribution in [-0.4, -0.2) is 43.2 Å². The van der Waals surface area contributed by atoms with Crippen LogP contribution >= 0.6 is 12.4 Å².